The summed E-state index contributed by atoms with van der Waals surface area (Å²) in [6.45, 7) is 0. The molecule has 0 fully saturated rings. The Balaban J connectivity index is 0.000000168. The van der Waals surface area contributed by atoms with Gasteiger partial charge in [-0.2, -0.15) is 0 Å². The fourth-order valence-corrected chi connectivity index (χ4v) is 17.0. The highest BCUT2D eigenvalue weighted by molar-refractivity contribution is 6.09. The van der Waals surface area contributed by atoms with E-state index in [-0.39, 0.29) is 0 Å². The summed E-state index contributed by atoms with van der Waals surface area (Å²) in [7, 11) is 0. The summed E-state index contributed by atoms with van der Waals surface area (Å²) in [5.74, 6) is 0. The summed E-state index contributed by atoms with van der Waals surface area (Å²) < 4.78 is 0. The molecule has 19 rings (SSSR count). The van der Waals surface area contributed by atoms with E-state index in [1.165, 1.54) is 189 Å². The van der Waals surface area contributed by atoms with E-state index in [2.05, 4.69) is 534 Å². The first-order valence-corrected chi connectivity index (χ1v) is 41.9. The van der Waals surface area contributed by atoms with Crippen LogP contribution in [0, 0.1) is 0 Å². The van der Waals surface area contributed by atoms with Crippen LogP contribution < -0.4 is 0 Å². The van der Waals surface area contributed by atoms with Gasteiger partial charge in [0.25, 0.3) is 0 Å². The van der Waals surface area contributed by atoms with Crippen LogP contribution >= 0.6 is 0 Å². The molecule has 0 atom stereocenters. The van der Waals surface area contributed by atoms with Gasteiger partial charge in [0.2, 0.25) is 0 Å². The fourth-order valence-electron chi connectivity index (χ4n) is 17.0. The van der Waals surface area contributed by atoms with Crippen LogP contribution in [0.1, 0.15) is 89.0 Å². The highest BCUT2D eigenvalue weighted by Gasteiger charge is 2.23. The second-order valence-corrected chi connectivity index (χ2v) is 30.5. The van der Waals surface area contributed by atoms with Gasteiger partial charge in [-0.15, -0.1) is 0 Å². The van der Waals surface area contributed by atoms with E-state index in [1.807, 2.05) is 0 Å². The molecule has 0 nitrogen and oxygen atoms in total. The van der Waals surface area contributed by atoms with Crippen molar-refractivity contribution in [3.05, 3.63) is 623 Å². The molecule has 0 heterocycles. The van der Waals surface area contributed by atoms with Crippen LogP contribution in [0.4, 0.5) is 0 Å². The molecule has 0 N–H and O–H groups in total. The van der Waals surface area contributed by atoms with Gasteiger partial charge in [0.1, 0.15) is 0 Å². The summed E-state index contributed by atoms with van der Waals surface area (Å²) in [5.41, 5.74) is 40.3. The van der Waals surface area contributed by atoms with Crippen molar-refractivity contribution in [2.75, 3.05) is 0 Å². The zero-order valence-electron chi connectivity index (χ0n) is 67.8. The van der Waals surface area contributed by atoms with Gasteiger partial charge in [-0.3, -0.25) is 0 Å². The predicted octanol–water partition coefficient (Wildman–Crippen LogP) is 31.7. The van der Waals surface area contributed by atoms with Crippen LogP contribution in [-0.2, 0) is 0 Å². The summed E-state index contributed by atoms with van der Waals surface area (Å²) in [6, 6.07) is 192. The molecule has 0 spiro atoms. The van der Waals surface area contributed by atoms with E-state index in [0.29, 0.717) is 0 Å². The third-order valence-electron chi connectivity index (χ3n) is 22.6. The average Bonchev–Trinajstić information content (AvgIpc) is 0.789. The second-order valence-electron chi connectivity index (χ2n) is 30.5. The molecule has 0 heteroatoms. The topological polar surface area (TPSA) is 0 Å². The Labute approximate surface area is 718 Å². The molecule has 0 radical (unpaired) electrons. The maximum absolute atomic E-state index is 2.35. The smallest absolute Gasteiger partial charge is 0.00266 e. The molecule has 0 saturated carbocycles. The lowest BCUT2D eigenvalue weighted by molar-refractivity contribution is 1.49. The minimum Gasteiger partial charge on any atom is -0.0622 e. The summed E-state index contributed by atoms with van der Waals surface area (Å²) >= 11 is 0. The normalized spacial score (nSPS) is 10.8. The molecule has 0 aliphatic heterocycles. The number of hydrogen-bond acceptors (Lipinski definition) is 0. The number of rotatable bonds is 21. The van der Waals surface area contributed by atoms with Gasteiger partial charge in [-0.25, -0.2) is 0 Å². The van der Waals surface area contributed by atoms with Crippen LogP contribution in [0.5, 0.6) is 0 Å². The molecule has 0 unspecified atom stereocenters. The molecule has 19 aromatic rings. The highest BCUT2D eigenvalue weighted by Crippen LogP contribution is 2.45. The highest BCUT2D eigenvalue weighted by atomic mass is 14.3. The maximum Gasteiger partial charge on any atom is -0.00266 e. The van der Waals surface area contributed by atoms with Crippen molar-refractivity contribution in [2.45, 2.75) is 0 Å². The molecule has 0 aromatic heterocycles. The molecule has 0 aliphatic carbocycles. The van der Waals surface area contributed by atoms with E-state index in [0.717, 1.165) is 0 Å². The van der Waals surface area contributed by atoms with Crippen LogP contribution in [0.2, 0.25) is 0 Å². The number of hydrogen-bond donors (Lipinski definition) is 0. The van der Waals surface area contributed by atoms with Gasteiger partial charge in [-0.05, 0) is 232 Å². The molecule has 0 saturated heterocycles. The Morgan fingerprint density at radius 2 is 0.164 bits per heavy atom. The van der Waals surface area contributed by atoms with Crippen molar-refractivity contribution in [3.8, 4) is 55.6 Å². The zero-order valence-corrected chi connectivity index (χ0v) is 67.8. The van der Waals surface area contributed by atoms with Crippen molar-refractivity contribution < 1.29 is 0 Å². The molecule has 0 aliphatic rings. The molecule has 0 bridgehead atoms. The minimum absolute atomic E-state index is 1.17. The first-order valence-electron chi connectivity index (χ1n) is 41.9. The molecule has 0 amide bonds. The van der Waals surface area contributed by atoms with E-state index in [9.17, 15) is 0 Å². The van der Waals surface area contributed by atoms with E-state index < -0.39 is 0 Å². The van der Waals surface area contributed by atoms with Crippen LogP contribution in [0.3, 0.4) is 0 Å². The fraction of sp³-hybridized carbons (Fsp3) is 0. The minimum atomic E-state index is 1.17. The van der Waals surface area contributed by atoms with Crippen LogP contribution in [-0.4, -0.2) is 0 Å². The Morgan fingerprint density at radius 3 is 0.287 bits per heavy atom. The maximum atomic E-state index is 2.35. The lowest BCUT2D eigenvalue weighted by atomic mass is 9.84. The van der Waals surface area contributed by atoms with E-state index >= 15 is 0 Å². The Morgan fingerprint density at radius 1 is 0.0738 bits per heavy atom. The summed E-state index contributed by atoms with van der Waals surface area (Å²) in [5, 5.41) is 0. The monoisotopic (exact) mass is 1550 g/mol. The van der Waals surface area contributed by atoms with Gasteiger partial charge < -0.3 is 0 Å². The molecule has 19 aromatic carbocycles. The first kappa shape index (κ1) is 77.4. The lowest BCUT2D eigenvalue weighted by Crippen LogP contribution is -1.98. The number of benzene rings is 19. The SMILES string of the molecule is c1ccc(C(=C(c2ccccc2)c2cccc(-c3cccc(-c4cccc(-c5cccc(C(=C(c6ccccc6)c6ccccc6)c6ccccc6)c5)c4)c3)c2)c2ccccc2)cc1.c1ccc(C(=C(c2ccccc2)c2cccc(-c3cccc(-c4cccc(C(=C(c5ccccc5)c5ccccc5)c5ccccc5)c4)c3)c2)c2ccccc2)cc1. The van der Waals surface area contributed by atoms with Crippen molar-refractivity contribution in [1.82, 2.24) is 0 Å². The Kier molecular flexibility index (Phi) is 23.8. The summed E-state index contributed by atoms with van der Waals surface area (Å²) in [6.07, 6.45) is 0. The molecular weight excluding hydrogens is 1470 g/mol. The molecule has 576 valence electrons. The summed E-state index contributed by atoms with van der Waals surface area (Å²) in [4.78, 5) is 0. The molecule has 122 heavy (non-hydrogen) atoms. The van der Waals surface area contributed by atoms with Crippen molar-refractivity contribution in [2.24, 2.45) is 0 Å². The first-order chi connectivity index (χ1) is 60.6. The second kappa shape index (κ2) is 37.6. The van der Waals surface area contributed by atoms with Crippen molar-refractivity contribution in [3.63, 3.8) is 0 Å². The lowest BCUT2D eigenvalue weighted by Gasteiger charge is -2.19. The average molecular weight is 1550 g/mol. The van der Waals surface area contributed by atoms with Gasteiger partial charge in [-0.1, -0.05) is 491 Å². The van der Waals surface area contributed by atoms with E-state index in [4.69, 9.17) is 0 Å². The van der Waals surface area contributed by atoms with Crippen molar-refractivity contribution in [1.29, 1.82) is 0 Å². The van der Waals surface area contributed by atoms with Crippen LogP contribution in [0.25, 0.3) is 100 Å². The Hall–Kier alpha value is -15.9. The standard InChI is InChI=1S/C64H46.C58H42/c1-7-23-47(24-8-1)61(48-25-9-2-10-26-48)63(51-31-15-5-16-32-51)59-41-21-39-57(45-59)55-37-19-35-53(43-55)54-36-20-38-56(44-54)58-40-22-42-60(46-58)64(52-33-17-6-18-34-52)62(49-27-11-3-12-28-49)50-29-13-4-14-30-50;1-7-22-43(23-8-1)55(44-24-9-2-10-25-44)57(47-30-15-5-16-31-47)53-38-20-36-51(41-53)49-34-19-35-50(40-49)52-37-21-39-54(42-52)58(48-32-17-6-18-33-48)56(45-26-11-3-12-27-45)46-28-13-4-14-29-46/h1-46H;1-42H. The Bertz CT molecular complexity index is 6270. The van der Waals surface area contributed by atoms with Gasteiger partial charge in [0, 0.05) is 0 Å². The largest absolute Gasteiger partial charge is 0.0622 e. The molecular formula is C122H88. The van der Waals surface area contributed by atoms with Gasteiger partial charge in [0.15, 0.2) is 0 Å². The quantitative estimate of drug-likeness (QED) is 0.0629. The van der Waals surface area contributed by atoms with Gasteiger partial charge >= 0.3 is 0 Å². The van der Waals surface area contributed by atoms with Crippen LogP contribution in [0.15, 0.2) is 534 Å². The van der Waals surface area contributed by atoms with E-state index in [1.54, 1.807) is 0 Å². The predicted molar refractivity (Wildman–Crippen MR) is 517 cm³/mol. The van der Waals surface area contributed by atoms with Crippen molar-refractivity contribution >= 4 is 44.6 Å². The third-order valence-corrected chi connectivity index (χ3v) is 22.6. The zero-order chi connectivity index (χ0) is 81.9. The third kappa shape index (κ3) is 17.7. The van der Waals surface area contributed by atoms with Gasteiger partial charge in [0.05, 0.1) is 0 Å².